The van der Waals surface area contributed by atoms with Gasteiger partial charge in [-0.25, -0.2) is 9.59 Å². The third-order valence-corrected chi connectivity index (χ3v) is 4.74. The molecule has 2 heterocycles. The van der Waals surface area contributed by atoms with Crippen molar-refractivity contribution in [1.82, 2.24) is 4.90 Å². The number of carbonyl (C=O) groups excluding carboxylic acids is 2. The molecular weight excluding hydrogens is 352 g/mol. The van der Waals surface area contributed by atoms with Crippen LogP contribution in [0.1, 0.15) is 18.9 Å². The minimum absolute atomic E-state index is 0.0481. The van der Waals surface area contributed by atoms with E-state index in [9.17, 15) is 24.6 Å². The molecule has 0 bridgehead atoms. The lowest BCUT2D eigenvalue weighted by Crippen LogP contribution is -2.61. The lowest BCUT2D eigenvalue weighted by molar-refractivity contribution is -0.161. The molecule has 0 unspecified atom stereocenters. The molecule has 2 aliphatic heterocycles. The Labute approximate surface area is 155 Å². The number of benzene rings is 1. The highest BCUT2D eigenvalue weighted by Crippen LogP contribution is 2.46. The van der Waals surface area contributed by atoms with Crippen molar-refractivity contribution >= 4 is 29.2 Å². The standard InChI is InChI=1S/C19H20N2O6/c1-3-8-27-19(26)20-12-6-4-11(5-7-12)13-9-14-15(10(2)22)17(23)21(14)16(13)18(24)25/h3-7,10,14-15,22H,1,8-9H2,2H3,(H,20,26)(H,24,25)/t10-,14-,15-/m1/s1. The molecular formula is C19H20N2O6. The Bertz CT molecular complexity index is 827. The average Bonchev–Trinajstić information content (AvgIpc) is 2.95. The summed E-state index contributed by atoms with van der Waals surface area (Å²) in [5, 5.41) is 21.9. The molecule has 2 aliphatic rings. The molecule has 1 aromatic rings. The quantitative estimate of drug-likeness (QED) is 0.518. The SMILES string of the molecule is C=CCOC(=O)Nc1ccc(C2=C(C(=O)O)N3C(=O)[C@H]([C@@H](C)O)[C@H]3C2)cc1. The molecule has 0 aliphatic carbocycles. The fourth-order valence-corrected chi connectivity index (χ4v) is 3.57. The number of nitrogens with one attached hydrogen (secondary N) is 1. The van der Waals surface area contributed by atoms with Crippen LogP contribution in [0.5, 0.6) is 0 Å². The molecule has 0 aromatic heterocycles. The number of carboxylic acids is 1. The van der Waals surface area contributed by atoms with Crippen molar-refractivity contribution in [2.24, 2.45) is 5.92 Å². The van der Waals surface area contributed by atoms with Crippen LogP contribution in [-0.4, -0.2) is 51.8 Å². The molecule has 3 N–H and O–H groups in total. The number of anilines is 1. The molecule has 142 valence electrons. The molecule has 3 atom stereocenters. The number of amides is 2. The second-order valence-corrected chi connectivity index (χ2v) is 6.47. The van der Waals surface area contributed by atoms with Gasteiger partial charge in [0.2, 0.25) is 5.91 Å². The van der Waals surface area contributed by atoms with Crippen LogP contribution in [0.15, 0.2) is 42.6 Å². The minimum Gasteiger partial charge on any atom is -0.477 e. The number of hydrogen-bond donors (Lipinski definition) is 3. The summed E-state index contributed by atoms with van der Waals surface area (Å²) >= 11 is 0. The molecule has 1 aromatic carbocycles. The lowest BCUT2D eigenvalue weighted by atomic mass is 9.82. The van der Waals surface area contributed by atoms with Gasteiger partial charge >= 0.3 is 12.1 Å². The van der Waals surface area contributed by atoms with Crippen molar-refractivity contribution in [3.05, 3.63) is 48.2 Å². The van der Waals surface area contributed by atoms with Crippen LogP contribution in [-0.2, 0) is 14.3 Å². The fourth-order valence-electron chi connectivity index (χ4n) is 3.57. The van der Waals surface area contributed by atoms with E-state index in [0.717, 1.165) is 0 Å². The first-order chi connectivity index (χ1) is 12.8. The zero-order valence-corrected chi connectivity index (χ0v) is 14.7. The topological polar surface area (TPSA) is 116 Å². The van der Waals surface area contributed by atoms with Gasteiger partial charge in [0.25, 0.3) is 0 Å². The summed E-state index contributed by atoms with van der Waals surface area (Å²) in [4.78, 5) is 36.8. The number of ether oxygens (including phenoxy) is 1. The molecule has 8 nitrogen and oxygen atoms in total. The highest BCUT2D eigenvalue weighted by molar-refractivity contribution is 6.06. The number of fused-ring (bicyclic) bond motifs is 1. The molecule has 0 spiro atoms. The summed E-state index contributed by atoms with van der Waals surface area (Å²) in [6, 6.07) is 6.26. The first kappa shape index (κ1) is 18.7. The highest BCUT2D eigenvalue weighted by Gasteiger charge is 2.56. The van der Waals surface area contributed by atoms with E-state index in [1.54, 1.807) is 24.3 Å². The van der Waals surface area contributed by atoms with E-state index in [4.69, 9.17) is 4.74 Å². The van der Waals surface area contributed by atoms with E-state index in [-0.39, 0.29) is 24.3 Å². The Morgan fingerprint density at radius 2 is 2.07 bits per heavy atom. The summed E-state index contributed by atoms with van der Waals surface area (Å²) in [6.45, 7) is 5.08. The fraction of sp³-hybridized carbons (Fsp3) is 0.316. The van der Waals surface area contributed by atoms with Crippen LogP contribution in [0.3, 0.4) is 0 Å². The third kappa shape index (κ3) is 3.31. The Balaban J connectivity index is 1.81. The van der Waals surface area contributed by atoms with Crippen LogP contribution in [0.25, 0.3) is 5.57 Å². The summed E-state index contributed by atoms with van der Waals surface area (Å²) in [6.07, 6.45) is 0.357. The van der Waals surface area contributed by atoms with Crippen molar-refractivity contribution in [2.45, 2.75) is 25.5 Å². The number of carbonyl (C=O) groups is 3. The van der Waals surface area contributed by atoms with Crippen LogP contribution < -0.4 is 5.32 Å². The molecule has 3 rings (SSSR count). The van der Waals surface area contributed by atoms with Gasteiger partial charge in [-0.3, -0.25) is 10.1 Å². The van der Waals surface area contributed by atoms with Crippen LogP contribution in [0.2, 0.25) is 0 Å². The smallest absolute Gasteiger partial charge is 0.411 e. The van der Waals surface area contributed by atoms with Gasteiger partial charge in [-0.2, -0.15) is 0 Å². The van der Waals surface area contributed by atoms with Crippen molar-refractivity contribution in [1.29, 1.82) is 0 Å². The van der Waals surface area contributed by atoms with Crippen molar-refractivity contribution in [3.63, 3.8) is 0 Å². The lowest BCUT2D eigenvalue weighted by Gasteiger charge is -2.44. The van der Waals surface area contributed by atoms with Gasteiger partial charge in [-0.1, -0.05) is 24.8 Å². The number of aliphatic carboxylic acids is 1. The first-order valence-corrected chi connectivity index (χ1v) is 8.47. The third-order valence-electron chi connectivity index (χ3n) is 4.74. The van der Waals surface area contributed by atoms with Gasteiger partial charge < -0.3 is 19.8 Å². The first-order valence-electron chi connectivity index (χ1n) is 8.47. The van der Waals surface area contributed by atoms with Gasteiger partial charge in [0.05, 0.1) is 18.1 Å². The maximum absolute atomic E-state index is 12.2. The van der Waals surface area contributed by atoms with E-state index in [1.165, 1.54) is 17.9 Å². The van der Waals surface area contributed by atoms with E-state index in [0.29, 0.717) is 23.2 Å². The highest BCUT2D eigenvalue weighted by atomic mass is 16.5. The monoisotopic (exact) mass is 372 g/mol. The van der Waals surface area contributed by atoms with Gasteiger partial charge in [-0.15, -0.1) is 0 Å². The second kappa shape index (κ2) is 7.24. The van der Waals surface area contributed by atoms with Crippen molar-refractivity contribution < 1.29 is 29.3 Å². The molecule has 1 fully saturated rings. The molecule has 1 saturated heterocycles. The maximum atomic E-state index is 12.2. The zero-order valence-electron chi connectivity index (χ0n) is 14.7. The zero-order chi connectivity index (χ0) is 19.7. The number of aliphatic hydroxyl groups is 1. The summed E-state index contributed by atoms with van der Waals surface area (Å²) in [5.41, 5.74) is 1.62. The molecule has 0 radical (unpaired) electrons. The largest absolute Gasteiger partial charge is 0.477 e. The summed E-state index contributed by atoms with van der Waals surface area (Å²) < 4.78 is 4.83. The molecule has 8 heteroatoms. The Kier molecular flexibility index (Phi) is 5.00. The van der Waals surface area contributed by atoms with Crippen molar-refractivity contribution in [3.8, 4) is 0 Å². The number of nitrogens with zero attached hydrogens (tertiary/aromatic N) is 1. The van der Waals surface area contributed by atoms with Crippen LogP contribution >= 0.6 is 0 Å². The van der Waals surface area contributed by atoms with Gasteiger partial charge in [0, 0.05) is 5.69 Å². The Morgan fingerprint density at radius 3 is 2.63 bits per heavy atom. The predicted octanol–water partition coefficient (Wildman–Crippen LogP) is 1.83. The summed E-state index contributed by atoms with van der Waals surface area (Å²) in [7, 11) is 0. The van der Waals surface area contributed by atoms with Gasteiger partial charge in [-0.05, 0) is 36.6 Å². The maximum Gasteiger partial charge on any atom is 0.411 e. The Morgan fingerprint density at radius 1 is 1.41 bits per heavy atom. The van der Waals surface area contributed by atoms with E-state index < -0.39 is 24.1 Å². The number of aliphatic hydroxyl groups excluding tert-OH is 1. The normalized spacial score (nSPS) is 22.0. The Hall–Kier alpha value is -3.13. The van der Waals surface area contributed by atoms with Crippen LogP contribution in [0, 0.1) is 5.92 Å². The van der Waals surface area contributed by atoms with Crippen molar-refractivity contribution in [2.75, 3.05) is 11.9 Å². The van der Waals surface area contributed by atoms with E-state index >= 15 is 0 Å². The second-order valence-electron chi connectivity index (χ2n) is 6.47. The van der Waals surface area contributed by atoms with E-state index in [2.05, 4.69) is 11.9 Å². The average molecular weight is 372 g/mol. The summed E-state index contributed by atoms with van der Waals surface area (Å²) in [5.74, 6) is -2.14. The molecule has 27 heavy (non-hydrogen) atoms. The van der Waals surface area contributed by atoms with Gasteiger partial charge in [0.15, 0.2) is 0 Å². The molecule has 0 saturated carbocycles. The van der Waals surface area contributed by atoms with Gasteiger partial charge in [0.1, 0.15) is 12.3 Å². The minimum atomic E-state index is -1.18. The number of rotatable bonds is 6. The van der Waals surface area contributed by atoms with Crippen LogP contribution in [0.4, 0.5) is 10.5 Å². The number of carboxylic acid groups (broad SMARTS) is 1. The number of β-lactam (4-membered cyclic amide) rings is 1. The molecule has 2 amide bonds. The predicted molar refractivity (Wildman–Crippen MR) is 96.6 cm³/mol. The van der Waals surface area contributed by atoms with E-state index in [1.807, 2.05) is 0 Å². The number of hydrogen-bond acceptors (Lipinski definition) is 5.